The van der Waals surface area contributed by atoms with Gasteiger partial charge < -0.3 is 0 Å². The molecule has 0 amide bonds. The van der Waals surface area contributed by atoms with Gasteiger partial charge in [0.2, 0.25) is 0 Å². The van der Waals surface area contributed by atoms with Crippen LogP contribution in [0.2, 0.25) is 0 Å². The molecule has 9 aromatic rings. The minimum atomic E-state index is -0.575. The highest BCUT2D eigenvalue weighted by Crippen LogP contribution is 2.60. The molecule has 1 aliphatic rings. The van der Waals surface area contributed by atoms with Crippen molar-refractivity contribution >= 4 is 43.1 Å². The number of hydrogen-bond acceptors (Lipinski definition) is 2. The normalized spacial score (nSPS) is 15.2. The van der Waals surface area contributed by atoms with Gasteiger partial charge in [-0.1, -0.05) is 158 Å². The first-order chi connectivity index (χ1) is 23.8. The van der Waals surface area contributed by atoms with Crippen LogP contribution in [0.3, 0.4) is 0 Å². The van der Waals surface area contributed by atoms with Crippen LogP contribution < -0.4 is 0 Å². The van der Waals surface area contributed by atoms with E-state index in [1.165, 1.54) is 70.8 Å². The van der Waals surface area contributed by atoms with Crippen molar-refractivity contribution < 1.29 is 0 Å². The van der Waals surface area contributed by atoms with Crippen LogP contribution in [-0.4, -0.2) is 4.98 Å². The predicted molar refractivity (Wildman–Crippen MR) is 203 cm³/mol. The number of benzene rings is 8. The van der Waals surface area contributed by atoms with Crippen molar-refractivity contribution in [1.29, 1.82) is 0 Å². The van der Waals surface area contributed by atoms with Crippen molar-refractivity contribution in [2.45, 2.75) is 5.41 Å². The zero-order chi connectivity index (χ0) is 31.7. The van der Waals surface area contributed by atoms with Crippen LogP contribution in [0, 0.1) is 0 Å². The Morgan fingerprint density at radius 3 is 1.75 bits per heavy atom. The molecule has 0 N–H and O–H groups in total. The summed E-state index contributed by atoms with van der Waals surface area (Å²) in [5, 5.41) is 6.12. The molecule has 10 rings (SSSR count). The van der Waals surface area contributed by atoms with E-state index >= 15 is 0 Å². The first-order valence-corrected chi connectivity index (χ1v) is 17.3. The van der Waals surface area contributed by atoms with Gasteiger partial charge in [-0.2, -0.15) is 0 Å². The number of thiazole rings is 1. The van der Waals surface area contributed by atoms with E-state index in [2.05, 4.69) is 176 Å². The third-order valence-electron chi connectivity index (χ3n) is 10.2. The van der Waals surface area contributed by atoms with Crippen LogP contribution in [0.5, 0.6) is 0 Å². The molecule has 48 heavy (non-hydrogen) atoms. The number of para-hydroxylation sites is 1. The van der Waals surface area contributed by atoms with Gasteiger partial charge >= 0.3 is 0 Å². The van der Waals surface area contributed by atoms with E-state index in [1.807, 2.05) is 0 Å². The number of aromatic nitrogens is 1. The van der Waals surface area contributed by atoms with Gasteiger partial charge in [-0.3, -0.25) is 0 Å². The Balaban J connectivity index is 1.40. The number of nitrogens with zero attached hydrogens (tertiary/aromatic N) is 1. The molecular formula is C46H29NS. The molecule has 0 aliphatic heterocycles. The van der Waals surface area contributed by atoms with Gasteiger partial charge in [0.1, 0.15) is 5.01 Å². The molecule has 0 fully saturated rings. The van der Waals surface area contributed by atoms with Gasteiger partial charge in [0.25, 0.3) is 0 Å². The van der Waals surface area contributed by atoms with E-state index in [-0.39, 0.29) is 0 Å². The lowest BCUT2D eigenvalue weighted by atomic mass is 9.64. The summed E-state index contributed by atoms with van der Waals surface area (Å²) in [6.45, 7) is 0. The van der Waals surface area contributed by atoms with Crippen molar-refractivity contribution in [2.75, 3.05) is 0 Å². The fraction of sp³-hybridized carbons (Fsp3) is 0.0217. The smallest absolute Gasteiger partial charge is 0.124 e. The highest BCUT2D eigenvalue weighted by molar-refractivity contribution is 7.21. The fourth-order valence-electron chi connectivity index (χ4n) is 8.27. The highest BCUT2D eigenvalue weighted by atomic mass is 32.1. The van der Waals surface area contributed by atoms with Crippen molar-refractivity contribution in [3.63, 3.8) is 0 Å². The maximum Gasteiger partial charge on any atom is 0.124 e. The molecule has 0 spiro atoms. The van der Waals surface area contributed by atoms with Crippen molar-refractivity contribution in [2.24, 2.45) is 0 Å². The lowest BCUT2D eigenvalue weighted by molar-refractivity contribution is 0.784. The molecule has 8 aromatic carbocycles. The fourth-order valence-corrected chi connectivity index (χ4v) is 9.23. The first kappa shape index (κ1) is 27.3. The highest BCUT2D eigenvalue weighted by Gasteiger charge is 2.48. The molecule has 1 unspecified atom stereocenters. The molecule has 1 heterocycles. The maximum absolute atomic E-state index is 5.11. The Morgan fingerprint density at radius 2 is 1.02 bits per heavy atom. The van der Waals surface area contributed by atoms with E-state index < -0.39 is 5.41 Å². The molecule has 0 radical (unpaired) electrons. The molecule has 1 aromatic heterocycles. The Kier molecular flexibility index (Phi) is 6.03. The monoisotopic (exact) mass is 627 g/mol. The van der Waals surface area contributed by atoms with Gasteiger partial charge in [0, 0.05) is 5.56 Å². The topological polar surface area (TPSA) is 12.9 Å². The molecule has 1 nitrogen and oxygen atoms in total. The summed E-state index contributed by atoms with van der Waals surface area (Å²) in [6, 6.07) is 64.6. The Morgan fingerprint density at radius 1 is 0.438 bits per heavy atom. The summed E-state index contributed by atoms with van der Waals surface area (Å²) in [6.07, 6.45) is 0. The SMILES string of the molecule is c1ccc(-c2c3ccccc3c(C3(c4ccccc4)c4ccccc4-c4ccc(-c5nc6ccccc6s5)cc43)c3ccccc23)cc1. The van der Waals surface area contributed by atoms with Gasteiger partial charge in [-0.25, -0.2) is 4.98 Å². The third-order valence-corrected chi connectivity index (χ3v) is 11.2. The van der Waals surface area contributed by atoms with E-state index in [0.717, 1.165) is 16.1 Å². The Hall–Kier alpha value is -5.83. The van der Waals surface area contributed by atoms with E-state index in [4.69, 9.17) is 4.98 Å². The van der Waals surface area contributed by atoms with Gasteiger partial charge in [-0.05, 0) is 84.3 Å². The molecule has 2 heteroatoms. The van der Waals surface area contributed by atoms with Gasteiger partial charge in [-0.15, -0.1) is 11.3 Å². The zero-order valence-corrected chi connectivity index (χ0v) is 26.9. The molecule has 1 aliphatic carbocycles. The van der Waals surface area contributed by atoms with Crippen molar-refractivity contribution in [3.8, 4) is 32.8 Å². The molecule has 224 valence electrons. The lowest BCUT2D eigenvalue weighted by Gasteiger charge is -2.36. The summed E-state index contributed by atoms with van der Waals surface area (Å²) in [4.78, 5) is 5.11. The predicted octanol–water partition coefficient (Wildman–Crippen LogP) is 12.3. The quantitative estimate of drug-likeness (QED) is 0.177. The average molecular weight is 628 g/mol. The first-order valence-electron chi connectivity index (χ1n) is 16.5. The summed E-state index contributed by atoms with van der Waals surface area (Å²) in [5.74, 6) is 0. The van der Waals surface area contributed by atoms with Crippen molar-refractivity contribution in [3.05, 3.63) is 198 Å². The van der Waals surface area contributed by atoms with Crippen LogP contribution in [0.15, 0.2) is 176 Å². The Labute approximate surface area is 283 Å². The Bertz CT molecular complexity index is 2580. The third kappa shape index (κ3) is 3.81. The zero-order valence-electron chi connectivity index (χ0n) is 26.1. The second-order valence-electron chi connectivity index (χ2n) is 12.6. The number of hydrogen-bond donors (Lipinski definition) is 0. The second-order valence-corrected chi connectivity index (χ2v) is 13.6. The summed E-state index contributed by atoms with van der Waals surface area (Å²) in [7, 11) is 0. The van der Waals surface area contributed by atoms with Gasteiger partial charge in [0.15, 0.2) is 0 Å². The number of rotatable bonds is 4. The number of fused-ring (bicyclic) bond motifs is 6. The van der Waals surface area contributed by atoms with Gasteiger partial charge in [0.05, 0.1) is 15.6 Å². The largest absolute Gasteiger partial charge is 0.236 e. The van der Waals surface area contributed by atoms with Crippen LogP contribution in [0.25, 0.3) is 64.6 Å². The van der Waals surface area contributed by atoms with Crippen LogP contribution in [0.1, 0.15) is 22.3 Å². The molecular weight excluding hydrogens is 599 g/mol. The summed E-state index contributed by atoms with van der Waals surface area (Å²) >= 11 is 1.77. The van der Waals surface area contributed by atoms with Crippen LogP contribution in [-0.2, 0) is 5.41 Å². The summed E-state index contributed by atoms with van der Waals surface area (Å²) in [5.41, 5.74) is 11.9. The maximum atomic E-state index is 5.11. The summed E-state index contributed by atoms with van der Waals surface area (Å²) < 4.78 is 1.21. The average Bonchev–Trinajstić information content (AvgIpc) is 3.72. The minimum absolute atomic E-state index is 0.575. The van der Waals surface area contributed by atoms with Crippen molar-refractivity contribution in [1.82, 2.24) is 4.98 Å². The van der Waals surface area contributed by atoms with E-state index in [1.54, 1.807) is 11.3 Å². The lowest BCUT2D eigenvalue weighted by Crippen LogP contribution is -2.29. The minimum Gasteiger partial charge on any atom is -0.236 e. The van der Waals surface area contributed by atoms with E-state index in [9.17, 15) is 0 Å². The van der Waals surface area contributed by atoms with Crippen LogP contribution in [0.4, 0.5) is 0 Å². The van der Waals surface area contributed by atoms with Crippen LogP contribution >= 0.6 is 11.3 Å². The molecule has 0 saturated heterocycles. The second kappa shape index (κ2) is 10.6. The van der Waals surface area contributed by atoms with E-state index in [0.29, 0.717) is 0 Å². The standard InChI is InChI=1S/C46H29NS/c1-3-15-30(16-4-1)43-35-20-7-9-22-37(35)44(38-23-10-8-21-36(38)43)46(32-17-5-2-6-18-32)39-24-12-11-19-33(39)34-28-27-31(29-40(34)46)45-47-41-25-13-14-26-42(41)48-45/h1-29H. The molecule has 0 saturated carbocycles. The molecule has 0 bridgehead atoms. The molecule has 1 atom stereocenters.